The molecule has 4 rings (SSSR count). The van der Waals surface area contributed by atoms with Gasteiger partial charge in [-0.15, -0.1) is 5.10 Å². The summed E-state index contributed by atoms with van der Waals surface area (Å²) in [5, 5.41) is 13.7. The highest BCUT2D eigenvalue weighted by Crippen LogP contribution is 2.33. The maximum atomic E-state index is 14.3. The number of carboxylic acid groups (broad SMARTS) is 1. The number of benzene rings is 2. The highest BCUT2D eigenvalue weighted by molar-refractivity contribution is 5.95. The van der Waals surface area contributed by atoms with Crippen LogP contribution in [0.25, 0.3) is 11.1 Å². The highest BCUT2D eigenvalue weighted by Gasteiger charge is 2.36. The fourth-order valence-electron chi connectivity index (χ4n) is 4.31. The summed E-state index contributed by atoms with van der Waals surface area (Å²) in [5.74, 6) is -3.86. The standard InChI is InChI=1S/C25H27F2N3O2/c1-2-25(26,27)24-28-22(30(29-24)19-8-4-3-5-9-19)16-17-12-14-18(15-13-17)20-10-6-7-11-21(20)23(31)32/h6-7,10-15,19H,2-5,8-9,16H2,1H3,(H,31,32). The van der Waals surface area contributed by atoms with E-state index in [0.29, 0.717) is 17.8 Å². The molecule has 0 radical (unpaired) electrons. The molecule has 0 saturated heterocycles. The average Bonchev–Trinajstić information content (AvgIpc) is 3.25. The van der Waals surface area contributed by atoms with Crippen molar-refractivity contribution in [1.29, 1.82) is 0 Å². The summed E-state index contributed by atoms with van der Waals surface area (Å²) in [4.78, 5) is 15.8. The van der Waals surface area contributed by atoms with Gasteiger partial charge < -0.3 is 5.11 Å². The van der Waals surface area contributed by atoms with Crippen LogP contribution in [0.2, 0.25) is 0 Å². The summed E-state index contributed by atoms with van der Waals surface area (Å²) in [6, 6.07) is 14.5. The summed E-state index contributed by atoms with van der Waals surface area (Å²) in [6.45, 7) is 1.44. The van der Waals surface area contributed by atoms with E-state index in [4.69, 9.17) is 0 Å². The monoisotopic (exact) mass is 439 g/mol. The number of hydrogen-bond acceptors (Lipinski definition) is 3. The van der Waals surface area contributed by atoms with Crippen molar-refractivity contribution in [3.05, 3.63) is 71.3 Å². The Kier molecular flexibility index (Phi) is 6.35. The topological polar surface area (TPSA) is 68.0 Å². The number of halogens is 2. The van der Waals surface area contributed by atoms with Crippen molar-refractivity contribution in [2.24, 2.45) is 0 Å². The van der Waals surface area contributed by atoms with Crippen LogP contribution in [0.3, 0.4) is 0 Å². The third-order valence-electron chi connectivity index (χ3n) is 6.18. The molecule has 1 heterocycles. The maximum absolute atomic E-state index is 14.3. The van der Waals surface area contributed by atoms with Crippen molar-refractivity contribution >= 4 is 5.97 Å². The van der Waals surface area contributed by atoms with Crippen LogP contribution in [0.1, 0.15) is 79.1 Å². The van der Waals surface area contributed by atoms with Gasteiger partial charge >= 0.3 is 11.9 Å². The van der Waals surface area contributed by atoms with Crippen LogP contribution >= 0.6 is 0 Å². The van der Waals surface area contributed by atoms with E-state index < -0.39 is 17.7 Å². The zero-order valence-electron chi connectivity index (χ0n) is 18.1. The normalized spacial score (nSPS) is 15.1. The molecule has 0 bridgehead atoms. The molecule has 0 amide bonds. The van der Waals surface area contributed by atoms with Crippen LogP contribution in [0, 0.1) is 0 Å². The van der Waals surface area contributed by atoms with E-state index in [0.717, 1.165) is 43.2 Å². The molecule has 0 spiro atoms. The lowest BCUT2D eigenvalue weighted by Gasteiger charge is -2.23. The number of aromatic nitrogens is 3. The van der Waals surface area contributed by atoms with Gasteiger partial charge in [0.25, 0.3) is 0 Å². The molecular weight excluding hydrogens is 412 g/mol. The number of nitrogens with zero attached hydrogens (tertiary/aromatic N) is 3. The quantitative estimate of drug-likeness (QED) is 0.473. The molecule has 7 heteroatoms. The number of aromatic carboxylic acids is 1. The Labute approximate surface area is 186 Å². The van der Waals surface area contributed by atoms with Gasteiger partial charge in [-0.3, -0.25) is 0 Å². The van der Waals surface area contributed by atoms with Gasteiger partial charge in [0.15, 0.2) is 0 Å². The van der Waals surface area contributed by atoms with Crippen LogP contribution in [-0.4, -0.2) is 25.8 Å². The minimum Gasteiger partial charge on any atom is -0.478 e. The minimum atomic E-state index is -3.04. The molecule has 2 aromatic carbocycles. The first-order valence-electron chi connectivity index (χ1n) is 11.1. The van der Waals surface area contributed by atoms with Gasteiger partial charge in [0.2, 0.25) is 5.82 Å². The zero-order chi connectivity index (χ0) is 22.7. The lowest BCUT2D eigenvalue weighted by Crippen LogP contribution is -2.18. The molecule has 1 saturated carbocycles. The Morgan fingerprint density at radius 3 is 2.44 bits per heavy atom. The molecule has 3 aromatic rings. The number of carboxylic acids is 1. The Hall–Kier alpha value is -3.09. The van der Waals surface area contributed by atoms with Crippen LogP contribution < -0.4 is 0 Å². The summed E-state index contributed by atoms with van der Waals surface area (Å²) in [6.07, 6.45) is 5.22. The molecule has 1 aromatic heterocycles. The number of carbonyl (C=O) groups is 1. The number of hydrogen-bond donors (Lipinski definition) is 1. The molecule has 0 unspecified atom stereocenters. The van der Waals surface area contributed by atoms with Gasteiger partial charge in [0.1, 0.15) is 5.82 Å². The molecule has 1 fully saturated rings. The van der Waals surface area contributed by atoms with E-state index in [2.05, 4.69) is 10.1 Å². The molecule has 5 nitrogen and oxygen atoms in total. The van der Waals surface area contributed by atoms with Crippen LogP contribution in [-0.2, 0) is 12.3 Å². The van der Waals surface area contributed by atoms with Crippen LogP contribution in [0.15, 0.2) is 48.5 Å². The van der Waals surface area contributed by atoms with E-state index in [-0.39, 0.29) is 18.0 Å². The Morgan fingerprint density at radius 2 is 1.78 bits per heavy atom. The van der Waals surface area contributed by atoms with Gasteiger partial charge in [0, 0.05) is 12.8 Å². The lowest BCUT2D eigenvalue weighted by atomic mass is 9.95. The second-order valence-electron chi connectivity index (χ2n) is 8.37. The summed E-state index contributed by atoms with van der Waals surface area (Å²) >= 11 is 0. The van der Waals surface area contributed by atoms with E-state index in [9.17, 15) is 18.7 Å². The Morgan fingerprint density at radius 1 is 1.09 bits per heavy atom. The van der Waals surface area contributed by atoms with Gasteiger partial charge in [0.05, 0.1) is 11.6 Å². The van der Waals surface area contributed by atoms with E-state index in [1.54, 1.807) is 28.9 Å². The highest BCUT2D eigenvalue weighted by atomic mass is 19.3. The smallest absolute Gasteiger partial charge is 0.336 e. The van der Waals surface area contributed by atoms with Gasteiger partial charge in [-0.1, -0.05) is 68.7 Å². The first kappa shape index (κ1) is 22.1. The van der Waals surface area contributed by atoms with Crippen molar-refractivity contribution in [2.45, 2.75) is 63.8 Å². The molecule has 168 valence electrons. The molecule has 1 aliphatic carbocycles. The van der Waals surface area contributed by atoms with E-state index in [1.165, 1.54) is 6.92 Å². The molecule has 32 heavy (non-hydrogen) atoms. The third kappa shape index (κ3) is 4.56. The molecular formula is C25H27F2N3O2. The molecule has 0 atom stereocenters. The first-order chi connectivity index (χ1) is 15.4. The largest absolute Gasteiger partial charge is 0.478 e. The van der Waals surface area contributed by atoms with Gasteiger partial charge in [-0.2, -0.15) is 8.78 Å². The summed E-state index contributed by atoms with van der Waals surface area (Å²) in [7, 11) is 0. The fourth-order valence-corrected chi connectivity index (χ4v) is 4.31. The van der Waals surface area contributed by atoms with Crippen molar-refractivity contribution in [3.8, 4) is 11.1 Å². The first-order valence-corrected chi connectivity index (χ1v) is 11.1. The van der Waals surface area contributed by atoms with Crippen LogP contribution in [0.5, 0.6) is 0 Å². The lowest BCUT2D eigenvalue weighted by molar-refractivity contribution is -0.0179. The van der Waals surface area contributed by atoms with Crippen molar-refractivity contribution in [3.63, 3.8) is 0 Å². The summed E-state index contributed by atoms with van der Waals surface area (Å²) < 4.78 is 30.4. The van der Waals surface area contributed by atoms with Crippen molar-refractivity contribution < 1.29 is 18.7 Å². The van der Waals surface area contributed by atoms with Crippen molar-refractivity contribution in [2.75, 3.05) is 0 Å². The molecule has 1 N–H and O–H groups in total. The molecule has 1 aliphatic rings. The zero-order valence-corrected chi connectivity index (χ0v) is 18.1. The SMILES string of the molecule is CCC(F)(F)c1nc(Cc2ccc(-c3ccccc3C(=O)O)cc2)n(C2CCCCC2)n1. The third-order valence-corrected chi connectivity index (χ3v) is 6.18. The second-order valence-corrected chi connectivity index (χ2v) is 8.37. The van der Waals surface area contributed by atoms with E-state index >= 15 is 0 Å². The predicted octanol–water partition coefficient (Wildman–Crippen LogP) is 6.24. The van der Waals surface area contributed by atoms with Crippen LogP contribution in [0.4, 0.5) is 8.78 Å². The maximum Gasteiger partial charge on any atom is 0.336 e. The fraction of sp³-hybridized carbons (Fsp3) is 0.400. The predicted molar refractivity (Wildman–Crippen MR) is 118 cm³/mol. The van der Waals surface area contributed by atoms with Crippen molar-refractivity contribution in [1.82, 2.24) is 14.8 Å². The van der Waals surface area contributed by atoms with E-state index in [1.807, 2.05) is 24.3 Å². The molecule has 0 aliphatic heterocycles. The minimum absolute atomic E-state index is 0.106. The number of rotatable bonds is 7. The second kappa shape index (κ2) is 9.18. The Balaban J connectivity index is 1.63. The van der Waals surface area contributed by atoms with Gasteiger partial charge in [-0.05, 0) is 35.6 Å². The summed E-state index contributed by atoms with van der Waals surface area (Å²) in [5.41, 5.74) is 2.58. The average molecular weight is 440 g/mol. The number of alkyl halides is 2. The van der Waals surface area contributed by atoms with Gasteiger partial charge in [-0.25, -0.2) is 14.5 Å². The Bertz CT molecular complexity index is 1090.